The summed E-state index contributed by atoms with van der Waals surface area (Å²) in [4.78, 5) is 39.1. The Balaban J connectivity index is 1.35. The van der Waals surface area contributed by atoms with E-state index in [-0.39, 0.29) is 28.5 Å². The number of sulfonamides is 1. The molecule has 1 heterocycles. The molecule has 0 aromatic heterocycles. The molecule has 1 fully saturated rings. The van der Waals surface area contributed by atoms with Gasteiger partial charge in [0.05, 0.1) is 29.7 Å². The fourth-order valence-corrected chi connectivity index (χ4v) is 5.95. The second kappa shape index (κ2) is 12.3. The van der Waals surface area contributed by atoms with Gasteiger partial charge in [0.15, 0.2) is 0 Å². The summed E-state index contributed by atoms with van der Waals surface area (Å²) in [7, 11) is 0.524. The summed E-state index contributed by atoms with van der Waals surface area (Å²) in [6.07, 6.45) is 1.63. The topological polar surface area (TPSA) is 122 Å². The van der Waals surface area contributed by atoms with Gasteiger partial charge in [-0.15, -0.1) is 0 Å². The molecule has 1 aliphatic rings. The van der Waals surface area contributed by atoms with Gasteiger partial charge in [-0.05, 0) is 71.9 Å². The lowest BCUT2D eigenvalue weighted by atomic mass is 10.2. The van der Waals surface area contributed by atoms with Crippen molar-refractivity contribution in [2.24, 2.45) is 0 Å². The normalized spacial score (nSPS) is 14.4. The molecule has 40 heavy (non-hydrogen) atoms. The van der Waals surface area contributed by atoms with Crippen molar-refractivity contribution in [1.82, 2.24) is 10.2 Å². The number of anilines is 1. The molecule has 3 aromatic rings. The van der Waals surface area contributed by atoms with E-state index in [0.717, 1.165) is 26.5 Å². The Labute approximate surface area is 236 Å². The lowest BCUT2D eigenvalue weighted by molar-refractivity contribution is -0.122. The average molecular weight is 582 g/mol. The highest BCUT2D eigenvalue weighted by Gasteiger charge is 2.34. The Bertz CT molecular complexity index is 1550. The highest BCUT2D eigenvalue weighted by molar-refractivity contribution is 8.18. The summed E-state index contributed by atoms with van der Waals surface area (Å²) in [6, 6.07) is 19.3. The van der Waals surface area contributed by atoms with Gasteiger partial charge in [0.1, 0.15) is 11.5 Å². The molecular weight excluding hydrogens is 554 g/mol. The Morgan fingerprint density at radius 2 is 1.65 bits per heavy atom. The van der Waals surface area contributed by atoms with Crippen LogP contribution in [0.2, 0.25) is 0 Å². The summed E-state index contributed by atoms with van der Waals surface area (Å²) in [6.45, 7) is 0.0236. The smallest absolute Gasteiger partial charge is 0.293 e. The van der Waals surface area contributed by atoms with E-state index < -0.39 is 27.1 Å². The molecule has 1 aliphatic heterocycles. The molecule has 10 nitrogen and oxygen atoms in total. The molecule has 0 radical (unpaired) electrons. The number of carbonyl (C=O) groups excluding carboxylic acids is 3. The van der Waals surface area contributed by atoms with Crippen LogP contribution < -0.4 is 19.1 Å². The van der Waals surface area contributed by atoms with Crippen molar-refractivity contribution in [3.63, 3.8) is 0 Å². The van der Waals surface area contributed by atoms with Gasteiger partial charge in [-0.3, -0.25) is 23.6 Å². The number of carbonyl (C=O) groups is 3. The van der Waals surface area contributed by atoms with Crippen LogP contribution in [0, 0.1) is 0 Å². The van der Waals surface area contributed by atoms with Crippen molar-refractivity contribution in [2.45, 2.75) is 4.90 Å². The maximum absolute atomic E-state index is 13.1. The number of hydrogen-bond donors (Lipinski definition) is 1. The third-order valence-electron chi connectivity index (χ3n) is 6.11. The number of benzene rings is 3. The van der Waals surface area contributed by atoms with E-state index in [0.29, 0.717) is 17.2 Å². The van der Waals surface area contributed by atoms with E-state index in [1.807, 2.05) is 0 Å². The number of thioether (sulfide) groups is 1. The van der Waals surface area contributed by atoms with Gasteiger partial charge in [0.2, 0.25) is 0 Å². The summed E-state index contributed by atoms with van der Waals surface area (Å²) in [5.41, 5.74) is 1.35. The first kappa shape index (κ1) is 28.7. The Hall–Kier alpha value is -4.29. The molecule has 0 atom stereocenters. The summed E-state index contributed by atoms with van der Waals surface area (Å²) in [5.74, 6) is 0.176. The van der Waals surface area contributed by atoms with Gasteiger partial charge in [0.25, 0.3) is 27.1 Å². The molecular formula is C28H27N3O7S2. The van der Waals surface area contributed by atoms with E-state index in [1.54, 1.807) is 61.7 Å². The molecule has 208 valence electrons. The predicted molar refractivity (Wildman–Crippen MR) is 153 cm³/mol. The van der Waals surface area contributed by atoms with Gasteiger partial charge >= 0.3 is 0 Å². The molecule has 0 spiro atoms. The number of ether oxygens (including phenoxy) is 2. The minimum Gasteiger partial charge on any atom is -0.497 e. The van der Waals surface area contributed by atoms with Crippen LogP contribution in [0.1, 0.15) is 15.9 Å². The van der Waals surface area contributed by atoms with Crippen LogP contribution in [-0.2, 0) is 14.8 Å². The maximum Gasteiger partial charge on any atom is 0.293 e. The molecule has 12 heteroatoms. The standard InChI is InChI=1S/C28H27N3O7S2/c1-30(23-6-4-5-7-24(23)38-3)40(35,36)22-14-10-20(11-15-22)26(32)29-16-17-31-27(33)25(39-28(31)34)18-19-8-12-21(37-2)13-9-19/h4-15,18H,16-17H2,1-3H3,(H,29,32)/b25-18-. The van der Waals surface area contributed by atoms with Crippen LogP contribution in [0.15, 0.2) is 82.6 Å². The average Bonchev–Trinajstić information content (AvgIpc) is 3.24. The number of nitrogens with zero attached hydrogens (tertiary/aromatic N) is 2. The molecule has 0 unspecified atom stereocenters. The molecule has 0 saturated carbocycles. The number of methoxy groups -OCH3 is 2. The lowest BCUT2D eigenvalue weighted by Gasteiger charge is -2.21. The Kier molecular flexibility index (Phi) is 8.80. The van der Waals surface area contributed by atoms with Gasteiger partial charge in [0, 0.05) is 25.7 Å². The molecule has 0 aliphatic carbocycles. The van der Waals surface area contributed by atoms with Crippen molar-refractivity contribution >= 4 is 50.6 Å². The first-order valence-electron chi connectivity index (χ1n) is 12.1. The fraction of sp³-hybridized carbons (Fsp3) is 0.179. The first-order valence-corrected chi connectivity index (χ1v) is 14.3. The second-order valence-electron chi connectivity index (χ2n) is 8.53. The van der Waals surface area contributed by atoms with Crippen LogP contribution in [0.3, 0.4) is 0 Å². The van der Waals surface area contributed by atoms with E-state index in [9.17, 15) is 22.8 Å². The summed E-state index contributed by atoms with van der Waals surface area (Å²) >= 11 is 0.834. The second-order valence-corrected chi connectivity index (χ2v) is 11.5. The van der Waals surface area contributed by atoms with Gasteiger partial charge in [-0.1, -0.05) is 24.3 Å². The molecule has 1 saturated heterocycles. The monoisotopic (exact) mass is 581 g/mol. The van der Waals surface area contributed by atoms with Crippen LogP contribution in [0.25, 0.3) is 6.08 Å². The highest BCUT2D eigenvalue weighted by Crippen LogP contribution is 2.33. The van der Waals surface area contributed by atoms with Crippen LogP contribution >= 0.6 is 11.8 Å². The number of para-hydroxylation sites is 2. The van der Waals surface area contributed by atoms with E-state index in [1.165, 1.54) is 38.4 Å². The minimum atomic E-state index is -3.91. The fourth-order valence-electron chi connectivity index (χ4n) is 3.88. The molecule has 1 N–H and O–H groups in total. The van der Waals surface area contributed by atoms with E-state index >= 15 is 0 Å². The predicted octanol–water partition coefficient (Wildman–Crippen LogP) is 4.00. The van der Waals surface area contributed by atoms with Crippen LogP contribution in [0.5, 0.6) is 11.5 Å². The number of nitrogens with one attached hydrogen (secondary N) is 1. The zero-order valence-corrected chi connectivity index (χ0v) is 23.6. The Morgan fingerprint density at radius 3 is 2.30 bits per heavy atom. The molecule has 4 rings (SSSR count). The third-order valence-corrected chi connectivity index (χ3v) is 8.80. The summed E-state index contributed by atoms with van der Waals surface area (Å²) < 4.78 is 37.7. The van der Waals surface area contributed by atoms with Gasteiger partial charge in [-0.25, -0.2) is 8.42 Å². The zero-order valence-electron chi connectivity index (χ0n) is 22.0. The van der Waals surface area contributed by atoms with Gasteiger partial charge < -0.3 is 14.8 Å². The minimum absolute atomic E-state index is 0.00100. The molecule has 0 bridgehead atoms. The number of rotatable bonds is 10. The van der Waals surface area contributed by atoms with Crippen molar-refractivity contribution in [2.75, 3.05) is 38.7 Å². The number of imide groups is 1. The summed E-state index contributed by atoms with van der Waals surface area (Å²) in [5, 5.41) is 2.24. The largest absolute Gasteiger partial charge is 0.497 e. The SMILES string of the molecule is COc1ccc(/C=C2\SC(=O)N(CCNC(=O)c3ccc(S(=O)(=O)N(C)c4ccccc4OC)cc3)C2=O)cc1. The first-order chi connectivity index (χ1) is 19.1. The van der Waals surface area contributed by atoms with Crippen LogP contribution in [-0.4, -0.2) is 64.7 Å². The van der Waals surface area contributed by atoms with Crippen molar-refractivity contribution < 1.29 is 32.3 Å². The zero-order chi connectivity index (χ0) is 28.9. The molecule has 3 aromatic carbocycles. The molecule has 3 amide bonds. The maximum atomic E-state index is 13.1. The van der Waals surface area contributed by atoms with Crippen molar-refractivity contribution in [1.29, 1.82) is 0 Å². The quantitative estimate of drug-likeness (QED) is 0.357. The Morgan fingerprint density at radius 1 is 0.975 bits per heavy atom. The third kappa shape index (κ3) is 6.13. The van der Waals surface area contributed by atoms with Crippen molar-refractivity contribution in [3.8, 4) is 11.5 Å². The van der Waals surface area contributed by atoms with E-state index in [2.05, 4.69) is 5.32 Å². The van der Waals surface area contributed by atoms with Gasteiger partial charge in [-0.2, -0.15) is 0 Å². The van der Waals surface area contributed by atoms with E-state index in [4.69, 9.17) is 9.47 Å². The van der Waals surface area contributed by atoms with Crippen LogP contribution in [0.4, 0.5) is 10.5 Å². The lowest BCUT2D eigenvalue weighted by Crippen LogP contribution is -2.37. The highest BCUT2D eigenvalue weighted by atomic mass is 32.2. The number of hydrogen-bond acceptors (Lipinski definition) is 8. The number of amides is 3. The van der Waals surface area contributed by atoms with Crippen molar-refractivity contribution in [3.05, 3.63) is 88.8 Å².